The Morgan fingerprint density at radius 3 is 2.74 bits per heavy atom. The van der Waals surface area contributed by atoms with Gasteiger partial charge in [-0.15, -0.1) is 11.3 Å². The van der Waals surface area contributed by atoms with E-state index in [0.717, 1.165) is 24.9 Å². The summed E-state index contributed by atoms with van der Waals surface area (Å²) in [4.78, 5) is 18.8. The molecule has 2 atom stereocenters. The number of hydrogen-bond donors (Lipinski definition) is 1. The van der Waals surface area contributed by atoms with Crippen LogP contribution < -0.4 is 9.47 Å². The second kappa shape index (κ2) is 13.1. The first-order valence-corrected chi connectivity index (χ1v) is 12.9. The molecule has 0 unspecified atom stereocenters. The van der Waals surface area contributed by atoms with Crippen LogP contribution in [0, 0.1) is 0 Å². The number of aliphatic hydroxyl groups excluding tert-OH is 1. The molecular formula is C26H38N2O5S. The van der Waals surface area contributed by atoms with Gasteiger partial charge in [0.15, 0.2) is 11.5 Å². The number of methoxy groups -OCH3 is 1. The molecule has 1 amide bonds. The van der Waals surface area contributed by atoms with Crippen LogP contribution in [0.5, 0.6) is 11.5 Å². The van der Waals surface area contributed by atoms with Gasteiger partial charge in [-0.1, -0.05) is 19.1 Å². The zero-order valence-corrected chi connectivity index (χ0v) is 21.6. The molecule has 1 N–H and O–H groups in total. The lowest BCUT2D eigenvalue weighted by Crippen LogP contribution is -2.48. The molecule has 188 valence electrons. The molecule has 1 aliphatic rings. The molecule has 2 heterocycles. The van der Waals surface area contributed by atoms with Crippen molar-refractivity contribution in [1.82, 2.24) is 9.80 Å². The minimum atomic E-state index is -0.628. The van der Waals surface area contributed by atoms with Gasteiger partial charge in [0.2, 0.25) is 5.91 Å². The predicted octanol–water partition coefficient (Wildman–Crippen LogP) is 3.76. The summed E-state index contributed by atoms with van der Waals surface area (Å²) >= 11 is 1.73. The first-order valence-electron chi connectivity index (χ1n) is 12.1. The fourth-order valence-corrected chi connectivity index (χ4v) is 5.20. The molecular weight excluding hydrogens is 452 g/mol. The van der Waals surface area contributed by atoms with Gasteiger partial charge in [0.05, 0.1) is 38.5 Å². The Kier molecular flexibility index (Phi) is 10.2. The third kappa shape index (κ3) is 7.18. The number of fused-ring (bicyclic) bond motifs is 1. The number of amides is 1. The highest BCUT2D eigenvalue weighted by Crippen LogP contribution is 2.35. The van der Waals surface area contributed by atoms with Crippen LogP contribution in [0.3, 0.4) is 0 Å². The van der Waals surface area contributed by atoms with Crippen LogP contribution in [0.25, 0.3) is 0 Å². The monoisotopic (exact) mass is 490 g/mol. The van der Waals surface area contributed by atoms with Crippen LogP contribution in [-0.4, -0.2) is 79.5 Å². The van der Waals surface area contributed by atoms with E-state index in [1.165, 1.54) is 4.88 Å². The molecule has 0 radical (unpaired) electrons. The SMILES string of the molecule is CCCN(CC(=O)N1CCc2sccc2[C@H]1COc1ccccc1OC)C[C@@H](O)COC(C)C. The van der Waals surface area contributed by atoms with Crippen LogP contribution in [0.1, 0.15) is 43.7 Å². The number of benzene rings is 1. The Bertz CT molecular complexity index is 903. The lowest BCUT2D eigenvalue weighted by atomic mass is 10.0. The van der Waals surface area contributed by atoms with Crippen LogP contribution >= 0.6 is 11.3 Å². The van der Waals surface area contributed by atoms with Crippen molar-refractivity contribution in [3.8, 4) is 11.5 Å². The average molecular weight is 491 g/mol. The van der Waals surface area contributed by atoms with E-state index in [2.05, 4.69) is 18.4 Å². The molecule has 0 spiro atoms. The van der Waals surface area contributed by atoms with Gasteiger partial charge < -0.3 is 24.2 Å². The van der Waals surface area contributed by atoms with Crippen molar-refractivity contribution >= 4 is 17.2 Å². The van der Waals surface area contributed by atoms with E-state index in [-0.39, 0.29) is 31.2 Å². The highest BCUT2D eigenvalue weighted by Gasteiger charge is 2.33. The lowest BCUT2D eigenvalue weighted by molar-refractivity contribution is -0.136. The molecule has 1 aromatic carbocycles. The molecule has 2 aromatic rings. The maximum atomic E-state index is 13.5. The van der Waals surface area contributed by atoms with E-state index in [1.807, 2.05) is 47.9 Å². The van der Waals surface area contributed by atoms with Crippen LogP contribution in [0.4, 0.5) is 0 Å². The maximum absolute atomic E-state index is 13.5. The largest absolute Gasteiger partial charge is 0.493 e. The molecule has 1 aliphatic heterocycles. The number of para-hydroxylation sites is 2. The Balaban J connectivity index is 1.70. The zero-order chi connectivity index (χ0) is 24.5. The molecule has 0 bridgehead atoms. The summed E-state index contributed by atoms with van der Waals surface area (Å²) in [7, 11) is 1.62. The average Bonchev–Trinajstić information content (AvgIpc) is 3.30. The molecule has 8 heteroatoms. The summed E-state index contributed by atoms with van der Waals surface area (Å²) in [5.74, 6) is 1.39. The topological polar surface area (TPSA) is 71.5 Å². The highest BCUT2D eigenvalue weighted by atomic mass is 32.1. The quantitative estimate of drug-likeness (QED) is 0.461. The van der Waals surface area contributed by atoms with Gasteiger partial charge in [-0.25, -0.2) is 0 Å². The summed E-state index contributed by atoms with van der Waals surface area (Å²) in [6.07, 6.45) is 1.19. The van der Waals surface area contributed by atoms with E-state index in [1.54, 1.807) is 18.4 Å². The number of rotatable bonds is 13. The van der Waals surface area contributed by atoms with Gasteiger partial charge >= 0.3 is 0 Å². The van der Waals surface area contributed by atoms with Gasteiger partial charge in [-0.3, -0.25) is 9.69 Å². The lowest BCUT2D eigenvalue weighted by Gasteiger charge is -2.37. The molecule has 0 saturated carbocycles. The van der Waals surface area contributed by atoms with Gasteiger partial charge in [-0.05, 0) is 62.4 Å². The predicted molar refractivity (Wildman–Crippen MR) is 135 cm³/mol. The standard InChI is InChI=1S/C26H38N2O5S/c1-5-12-27(15-20(29)17-32-19(2)3)16-26(30)28-13-10-25-21(11-14-34-25)22(28)18-33-24-9-7-6-8-23(24)31-4/h6-9,11,14,19-20,22,29H,5,10,12-13,15-18H2,1-4H3/t20-,22-/m1/s1. The summed E-state index contributed by atoms with van der Waals surface area (Å²) < 4.78 is 17.1. The van der Waals surface area contributed by atoms with Gasteiger partial charge in [0, 0.05) is 18.0 Å². The number of nitrogens with zero attached hydrogens (tertiary/aromatic N) is 2. The molecule has 3 rings (SSSR count). The van der Waals surface area contributed by atoms with E-state index in [4.69, 9.17) is 14.2 Å². The van der Waals surface area contributed by atoms with E-state index >= 15 is 0 Å². The molecule has 0 fully saturated rings. The minimum absolute atomic E-state index is 0.0518. The molecule has 0 saturated heterocycles. The Morgan fingerprint density at radius 2 is 2.03 bits per heavy atom. The van der Waals surface area contributed by atoms with Crippen molar-refractivity contribution in [3.05, 3.63) is 46.2 Å². The third-order valence-electron chi connectivity index (χ3n) is 5.87. The van der Waals surface area contributed by atoms with Crippen molar-refractivity contribution in [2.24, 2.45) is 0 Å². The molecule has 34 heavy (non-hydrogen) atoms. The van der Waals surface area contributed by atoms with Crippen LogP contribution in [0.2, 0.25) is 0 Å². The zero-order valence-electron chi connectivity index (χ0n) is 20.7. The number of thiophene rings is 1. The molecule has 1 aromatic heterocycles. The summed E-state index contributed by atoms with van der Waals surface area (Å²) in [6.45, 7) is 8.67. The normalized spacial score (nSPS) is 16.6. The number of hydrogen-bond acceptors (Lipinski definition) is 7. The molecule has 7 nitrogen and oxygen atoms in total. The van der Waals surface area contributed by atoms with E-state index < -0.39 is 6.10 Å². The minimum Gasteiger partial charge on any atom is -0.493 e. The first-order chi connectivity index (χ1) is 16.4. The van der Waals surface area contributed by atoms with Crippen LogP contribution in [0.15, 0.2) is 35.7 Å². The van der Waals surface area contributed by atoms with Gasteiger partial charge in [-0.2, -0.15) is 0 Å². The number of carbonyl (C=O) groups excluding carboxylic acids is 1. The smallest absolute Gasteiger partial charge is 0.237 e. The van der Waals surface area contributed by atoms with Gasteiger partial charge in [0.25, 0.3) is 0 Å². The van der Waals surface area contributed by atoms with Crippen molar-refractivity contribution < 1.29 is 24.1 Å². The number of ether oxygens (including phenoxy) is 3. The fourth-order valence-electron chi connectivity index (χ4n) is 4.27. The Labute approximate surface area is 207 Å². The first kappa shape index (κ1) is 26.5. The Morgan fingerprint density at radius 1 is 1.26 bits per heavy atom. The van der Waals surface area contributed by atoms with Crippen molar-refractivity contribution in [2.75, 3.05) is 46.5 Å². The molecule has 0 aliphatic carbocycles. The summed E-state index contributed by atoms with van der Waals surface area (Å²) in [5, 5.41) is 12.5. The van der Waals surface area contributed by atoms with Crippen molar-refractivity contribution in [2.45, 2.75) is 51.9 Å². The van der Waals surface area contributed by atoms with Crippen molar-refractivity contribution in [1.29, 1.82) is 0 Å². The van der Waals surface area contributed by atoms with E-state index in [0.29, 0.717) is 31.2 Å². The third-order valence-corrected chi connectivity index (χ3v) is 6.87. The fraction of sp³-hybridized carbons (Fsp3) is 0.577. The summed E-state index contributed by atoms with van der Waals surface area (Å²) in [6, 6.07) is 9.51. The maximum Gasteiger partial charge on any atom is 0.237 e. The second-order valence-corrected chi connectivity index (χ2v) is 9.89. The second-order valence-electron chi connectivity index (χ2n) is 8.88. The van der Waals surface area contributed by atoms with E-state index in [9.17, 15) is 9.90 Å². The number of carbonyl (C=O) groups is 1. The Hall–Kier alpha value is -2.13. The van der Waals surface area contributed by atoms with Gasteiger partial charge in [0.1, 0.15) is 6.61 Å². The summed E-state index contributed by atoms with van der Waals surface area (Å²) in [5.41, 5.74) is 1.16. The number of aliphatic hydroxyl groups is 1. The van der Waals surface area contributed by atoms with Crippen molar-refractivity contribution in [3.63, 3.8) is 0 Å². The highest BCUT2D eigenvalue weighted by molar-refractivity contribution is 7.10. The van der Waals surface area contributed by atoms with Crippen LogP contribution in [-0.2, 0) is 16.0 Å².